The summed E-state index contributed by atoms with van der Waals surface area (Å²) in [4.78, 5) is 16.1. The van der Waals surface area contributed by atoms with Gasteiger partial charge in [0.05, 0.1) is 5.02 Å². The first-order valence-corrected chi connectivity index (χ1v) is 9.31. The Morgan fingerprint density at radius 2 is 1.79 bits per heavy atom. The van der Waals surface area contributed by atoms with E-state index in [4.69, 9.17) is 11.6 Å². The molecule has 0 atom stereocenters. The Kier molecular flexibility index (Phi) is 4.84. The highest BCUT2D eigenvalue weighted by molar-refractivity contribution is 7.89. The second-order valence-electron chi connectivity index (χ2n) is 5.45. The molecule has 1 saturated heterocycles. The summed E-state index contributed by atoms with van der Waals surface area (Å²) in [5.41, 5.74) is 0.808. The Bertz CT molecular complexity index is 850. The minimum Gasteiger partial charge on any atom is -0.322 e. The van der Waals surface area contributed by atoms with Gasteiger partial charge in [0.2, 0.25) is 10.0 Å². The molecule has 1 amide bonds. The van der Waals surface area contributed by atoms with E-state index in [0.717, 1.165) is 12.8 Å². The Hall–Kier alpha value is -1.96. The molecule has 1 N–H and O–H groups in total. The average molecular weight is 366 g/mol. The van der Waals surface area contributed by atoms with Crippen molar-refractivity contribution in [2.45, 2.75) is 17.7 Å². The fourth-order valence-electron chi connectivity index (χ4n) is 2.55. The molecule has 1 aliphatic heterocycles. The predicted molar refractivity (Wildman–Crippen MR) is 91.6 cm³/mol. The Morgan fingerprint density at radius 1 is 1.12 bits per heavy atom. The molecular formula is C16H16ClN3O3S. The summed E-state index contributed by atoms with van der Waals surface area (Å²) in [5.74, 6) is -0.343. The molecule has 1 aromatic carbocycles. The molecule has 2 heterocycles. The summed E-state index contributed by atoms with van der Waals surface area (Å²) in [6.45, 7) is 0.985. The van der Waals surface area contributed by atoms with Crippen LogP contribution in [0.2, 0.25) is 5.02 Å². The molecule has 6 nitrogen and oxygen atoms in total. The van der Waals surface area contributed by atoms with Crippen LogP contribution in [0.1, 0.15) is 23.2 Å². The first-order chi connectivity index (χ1) is 11.5. The molecule has 24 heavy (non-hydrogen) atoms. The number of halogens is 1. The van der Waals surface area contributed by atoms with Gasteiger partial charge in [0.15, 0.2) is 0 Å². The van der Waals surface area contributed by atoms with Crippen molar-refractivity contribution in [1.82, 2.24) is 9.29 Å². The number of hydrogen-bond donors (Lipinski definition) is 1. The van der Waals surface area contributed by atoms with Crippen LogP contribution in [-0.2, 0) is 10.0 Å². The van der Waals surface area contributed by atoms with Crippen LogP contribution < -0.4 is 5.32 Å². The molecule has 0 unspecified atom stereocenters. The highest BCUT2D eigenvalue weighted by Crippen LogP contribution is 2.29. The van der Waals surface area contributed by atoms with Crippen LogP contribution in [0.15, 0.2) is 47.6 Å². The van der Waals surface area contributed by atoms with Gasteiger partial charge in [0.1, 0.15) is 4.90 Å². The number of amides is 1. The number of pyridine rings is 1. The van der Waals surface area contributed by atoms with Crippen LogP contribution in [0, 0.1) is 0 Å². The number of carbonyl (C=O) groups is 1. The van der Waals surface area contributed by atoms with Crippen LogP contribution in [0.4, 0.5) is 5.69 Å². The third kappa shape index (κ3) is 3.43. The summed E-state index contributed by atoms with van der Waals surface area (Å²) in [5, 5.41) is 2.82. The number of benzene rings is 1. The van der Waals surface area contributed by atoms with Crippen molar-refractivity contribution in [2.75, 3.05) is 18.4 Å². The topological polar surface area (TPSA) is 79.4 Å². The van der Waals surface area contributed by atoms with Gasteiger partial charge in [-0.05, 0) is 43.2 Å². The molecular weight excluding hydrogens is 350 g/mol. The second kappa shape index (κ2) is 6.88. The summed E-state index contributed by atoms with van der Waals surface area (Å²) >= 11 is 6.09. The Morgan fingerprint density at radius 3 is 2.46 bits per heavy atom. The lowest BCUT2D eigenvalue weighted by molar-refractivity contribution is 0.102. The van der Waals surface area contributed by atoms with Gasteiger partial charge in [-0.2, -0.15) is 4.31 Å². The van der Waals surface area contributed by atoms with Gasteiger partial charge in [-0.3, -0.25) is 9.78 Å². The van der Waals surface area contributed by atoms with Gasteiger partial charge in [-0.15, -0.1) is 0 Å². The predicted octanol–water partition coefficient (Wildman–Crippen LogP) is 2.77. The standard InChI is InChI=1S/C16H16ClN3O3S/c17-14-4-3-13(19-16(21)12-5-7-18-8-6-12)11-15(14)24(22,23)20-9-1-2-10-20/h3-8,11H,1-2,9-10H2,(H,19,21). The number of nitrogens with zero attached hydrogens (tertiary/aromatic N) is 2. The fraction of sp³-hybridized carbons (Fsp3) is 0.250. The van der Waals surface area contributed by atoms with Gasteiger partial charge in [-0.25, -0.2) is 8.42 Å². The molecule has 8 heteroatoms. The van der Waals surface area contributed by atoms with Crippen molar-refractivity contribution in [2.24, 2.45) is 0 Å². The number of carbonyl (C=O) groups excluding carboxylic acids is 1. The van der Waals surface area contributed by atoms with Gasteiger partial charge in [0, 0.05) is 36.7 Å². The zero-order valence-electron chi connectivity index (χ0n) is 12.8. The number of aromatic nitrogens is 1. The quantitative estimate of drug-likeness (QED) is 0.903. The van der Waals surface area contributed by atoms with E-state index in [2.05, 4.69) is 10.3 Å². The number of hydrogen-bond acceptors (Lipinski definition) is 4. The minimum absolute atomic E-state index is 0.0126. The number of sulfonamides is 1. The van der Waals surface area contributed by atoms with Crippen LogP contribution in [0.25, 0.3) is 0 Å². The maximum absolute atomic E-state index is 12.7. The van der Waals surface area contributed by atoms with E-state index in [1.807, 2.05) is 0 Å². The monoisotopic (exact) mass is 365 g/mol. The van der Waals surface area contributed by atoms with E-state index in [1.54, 1.807) is 18.2 Å². The Labute approximate surface area is 145 Å². The van der Waals surface area contributed by atoms with E-state index in [1.165, 1.54) is 28.8 Å². The van der Waals surface area contributed by atoms with Gasteiger partial charge < -0.3 is 5.32 Å². The molecule has 1 aromatic heterocycles. The van der Waals surface area contributed by atoms with Gasteiger partial charge in [0.25, 0.3) is 5.91 Å². The maximum Gasteiger partial charge on any atom is 0.255 e. The van der Waals surface area contributed by atoms with Crippen molar-refractivity contribution in [3.05, 3.63) is 53.3 Å². The summed E-state index contributed by atoms with van der Waals surface area (Å²) in [7, 11) is -3.65. The van der Waals surface area contributed by atoms with Crippen molar-refractivity contribution < 1.29 is 13.2 Å². The van der Waals surface area contributed by atoms with E-state index in [0.29, 0.717) is 24.3 Å². The third-order valence-electron chi connectivity index (χ3n) is 3.81. The molecule has 0 spiro atoms. The highest BCUT2D eigenvalue weighted by Gasteiger charge is 2.29. The van der Waals surface area contributed by atoms with E-state index < -0.39 is 10.0 Å². The molecule has 126 valence electrons. The number of nitrogens with one attached hydrogen (secondary N) is 1. The Balaban J connectivity index is 1.88. The molecule has 0 bridgehead atoms. The largest absolute Gasteiger partial charge is 0.322 e. The summed E-state index contributed by atoms with van der Waals surface area (Å²) in [6.07, 6.45) is 4.71. The van der Waals surface area contributed by atoms with Crippen molar-refractivity contribution >= 4 is 33.2 Å². The van der Waals surface area contributed by atoms with E-state index in [-0.39, 0.29) is 15.8 Å². The number of anilines is 1. The molecule has 0 aliphatic carbocycles. The normalized spacial score (nSPS) is 15.4. The first-order valence-electron chi connectivity index (χ1n) is 7.49. The van der Waals surface area contributed by atoms with Crippen LogP contribution in [-0.4, -0.2) is 36.7 Å². The lowest BCUT2D eigenvalue weighted by Crippen LogP contribution is -2.28. The fourth-order valence-corrected chi connectivity index (χ4v) is 4.57. The SMILES string of the molecule is O=C(Nc1ccc(Cl)c(S(=O)(=O)N2CCCC2)c1)c1ccncc1. The first kappa shape index (κ1) is 16.9. The van der Waals surface area contributed by atoms with Crippen molar-refractivity contribution in [3.8, 4) is 0 Å². The zero-order chi connectivity index (χ0) is 17.2. The van der Waals surface area contributed by atoms with E-state index >= 15 is 0 Å². The summed E-state index contributed by atoms with van der Waals surface area (Å²) in [6, 6.07) is 7.60. The second-order valence-corrected chi connectivity index (χ2v) is 7.76. The molecule has 0 radical (unpaired) electrons. The third-order valence-corrected chi connectivity index (χ3v) is 6.19. The van der Waals surface area contributed by atoms with Crippen LogP contribution in [0.5, 0.6) is 0 Å². The molecule has 0 saturated carbocycles. The summed E-state index contributed by atoms with van der Waals surface area (Å²) < 4.78 is 26.8. The maximum atomic E-state index is 12.7. The van der Waals surface area contributed by atoms with E-state index in [9.17, 15) is 13.2 Å². The average Bonchev–Trinajstić information content (AvgIpc) is 3.12. The van der Waals surface area contributed by atoms with Crippen molar-refractivity contribution in [1.29, 1.82) is 0 Å². The van der Waals surface area contributed by atoms with Crippen LogP contribution in [0.3, 0.4) is 0 Å². The lowest BCUT2D eigenvalue weighted by Gasteiger charge is -2.17. The van der Waals surface area contributed by atoms with Gasteiger partial charge >= 0.3 is 0 Å². The lowest BCUT2D eigenvalue weighted by atomic mass is 10.2. The van der Waals surface area contributed by atoms with Gasteiger partial charge in [-0.1, -0.05) is 11.6 Å². The zero-order valence-corrected chi connectivity index (χ0v) is 14.3. The highest BCUT2D eigenvalue weighted by atomic mass is 35.5. The van der Waals surface area contributed by atoms with Crippen LogP contribution >= 0.6 is 11.6 Å². The number of rotatable bonds is 4. The molecule has 2 aromatic rings. The molecule has 3 rings (SSSR count). The van der Waals surface area contributed by atoms with Crippen molar-refractivity contribution in [3.63, 3.8) is 0 Å². The minimum atomic E-state index is -3.65. The molecule has 1 fully saturated rings. The smallest absolute Gasteiger partial charge is 0.255 e. The molecule has 1 aliphatic rings.